The minimum absolute atomic E-state index is 0.0380. The lowest BCUT2D eigenvalue weighted by Gasteiger charge is -2.22. The second kappa shape index (κ2) is 7.10. The molecular weight excluding hydrogens is 376 g/mol. The van der Waals surface area contributed by atoms with Crippen molar-refractivity contribution in [2.24, 2.45) is 0 Å². The highest BCUT2D eigenvalue weighted by Gasteiger charge is 2.16. The topological polar surface area (TPSA) is 12.0 Å². The van der Waals surface area contributed by atoms with Crippen molar-refractivity contribution in [3.05, 3.63) is 67.9 Å². The maximum atomic E-state index is 13.6. The predicted octanol–water partition coefficient (Wildman–Crippen LogP) is 6.31. The van der Waals surface area contributed by atoms with Gasteiger partial charge in [0.1, 0.15) is 5.82 Å². The highest BCUT2D eigenvalue weighted by molar-refractivity contribution is 9.10. The van der Waals surface area contributed by atoms with Gasteiger partial charge in [0.05, 0.1) is 5.02 Å². The summed E-state index contributed by atoms with van der Waals surface area (Å²) in [6, 6.07) is 10.9. The molecule has 21 heavy (non-hydrogen) atoms. The number of hydrogen-bond acceptors (Lipinski definition) is 1. The average molecular weight is 391 g/mol. The number of rotatable bonds is 4. The van der Waals surface area contributed by atoms with Crippen molar-refractivity contribution in [1.82, 2.24) is 5.32 Å². The highest BCUT2D eigenvalue weighted by Crippen LogP contribution is 2.30. The van der Waals surface area contributed by atoms with Gasteiger partial charge < -0.3 is 5.32 Å². The molecule has 0 aliphatic heterocycles. The molecule has 0 heterocycles. The third-order valence-corrected chi connectivity index (χ3v) is 4.47. The SMILES string of the molecule is CC(NC(C)c1cc(F)c(Cl)cc1Cl)c1cccc(Br)c1. The van der Waals surface area contributed by atoms with Gasteiger partial charge in [-0.05, 0) is 49.2 Å². The maximum absolute atomic E-state index is 13.6. The van der Waals surface area contributed by atoms with Crippen LogP contribution in [-0.4, -0.2) is 0 Å². The molecule has 0 bridgehead atoms. The molecule has 0 aromatic heterocycles. The van der Waals surface area contributed by atoms with Gasteiger partial charge in [-0.3, -0.25) is 0 Å². The Morgan fingerprint density at radius 3 is 2.43 bits per heavy atom. The van der Waals surface area contributed by atoms with E-state index >= 15 is 0 Å². The fourth-order valence-electron chi connectivity index (χ4n) is 2.21. The quantitative estimate of drug-likeness (QED) is 0.603. The van der Waals surface area contributed by atoms with Crippen molar-refractivity contribution in [3.63, 3.8) is 0 Å². The Labute approximate surface area is 142 Å². The standard InChI is InChI=1S/C16H15BrCl2FN/c1-9(11-4-3-5-12(17)6-11)21-10(2)13-7-16(20)15(19)8-14(13)18/h3-10,21H,1-2H3. The molecule has 2 aromatic carbocycles. The van der Waals surface area contributed by atoms with E-state index in [4.69, 9.17) is 23.2 Å². The van der Waals surface area contributed by atoms with Crippen molar-refractivity contribution in [2.75, 3.05) is 0 Å². The van der Waals surface area contributed by atoms with E-state index in [2.05, 4.69) is 34.2 Å². The van der Waals surface area contributed by atoms with Crippen molar-refractivity contribution in [3.8, 4) is 0 Å². The summed E-state index contributed by atoms with van der Waals surface area (Å²) in [4.78, 5) is 0. The molecule has 0 saturated heterocycles. The Hall–Kier alpha value is -0.610. The van der Waals surface area contributed by atoms with Gasteiger partial charge in [0, 0.05) is 21.6 Å². The minimum atomic E-state index is -0.458. The number of hydrogen-bond donors (Lipinski definition) is 1. The van der Waals surface area contributed by atoms with Crippen LogP contribution in [0.25, 0.3) is 0 Å². The lowest BCUT2D eigenvalue weighted by atomic mass is 10.0. The van der Waals surface area contributed by atoms with Gasteiger partial charge >= 0.3 is 0 Å². The summed E-state index contributed by atoms with van der Waals surface area (Å²) in [6.45, 7) is 4.00. The molecule has 0 aliphatic carbocycles. The summed E-state index contributed by atoms with van der Waals surface area (Å²) in [5, 5.41) is 3.91. The van der Waals surface area contributed by atoms with E-state index in [1.807, 2.05) is 25.1 Å². The molecule has 0 amide bonds. The van der Waals surface area contributed by atoms with Gasteiger partial charge in [0.2, 0.25) is 0 Å². The minimum Gasteiger partial charge on any atom is -0.304 e. The molecule has 1 N–H and O–H groups in total. The second-order valence-corrected chi connectivity index (χ2v) is 6.68. The van der Waals surface area contributed by atoms with Crippen LogP contribution in [0.5, 0.6) is 0 Å². The van der Waals surface area contributed by atoms with Crippen LogP contribution in [0.1, 0.15) is 37.1 Å². The Kier molecular flexibility index (Phi) is 5.67. The maximum Gasteiger partial charge on any atom is 0.142 e. The van der Waals surface area contributed by atoms with Gasteiger partial charge in [-0.1, -0.05) is 51.3 Å². The van der Waals surface area contributed by atoms with Crippen molar-refractivity contribution < 1.29 is 4.39 Å². The lowest BCUT2D eigenvalue weighted by molar-refractivity contribution is 0.492. The van der Waals surface area contributed by atoms with Gasteiger partial charge in [-0.2, -0.15) is 0 Å². The molecule has 5 heteroatoms. The van der Waals surface area contributed by atoms with Gasteiger partial charge in [0.15, 0.2) is 0 Å². The van der Waals surface area contributed by atoms with Crippen LogP contribution in [-0.2, 0) is 0 Å². The summed E-state index contributed by atoms with van der Waals surface area (Å²) < 4.78 is 14.6. The summed E-state index contributed by atoms with van der Waals surface area (Å²) in [7, 11) is 0. The zero-order chi connectivity index (χ0) is 15.6. The molecule has 2 unspecified atom stereocenters. The van der Waals surface area contributed by atoms with E-state index in [9.17, 15) is 4.39 Å². The fourth-order valence-corrected chi connectivity index (χ4v) is 3.17. The summed E-state index contributed by atoms with van der Waals surface area (Å²) in [5.41, 5.74) is 1.84. The van der Waals surface area contributed by atoms with E-state index in [0.29, 0.717) is 10.6 Å². The van der Waals surface area contributed by atoms with Crippen LogP contribution in [0.4, 0.5) is 4.39 Å². The molecule has 2 atom stereocenters. The summed E-state index contributed by atoms with van der Waals surface area (Å²) in [5.74, 6) is -0.458. The van der Waals surface area contributed by atoms with Crippen LogP contribution < -0.4 is 5.32 Å². The van der Waals surface area contributed by atoms with Crippen molar-refractivity contribution in [1.29, 1.82) is 0 Å². The molecule has 0 saturated carbocycles. The van der Waals surface area contributed by atoms with Gasteiger partial charge in [-0.15, -0.1) is 0 Å². The molecule has 0 spiro atoms. The third-order valence-electron chi connectivity index (χ3n) is 3.35. The zero-order valence-corrected chi connectivity index (χ0v) is 14.7. The average Bonchev–Trinajstić information content (AvgIpc) is 2.42. The normalized spacial score (nSPS) is 14.0. The highest BCUT2D eigenvalue weighted by atomic mass is 79.9. The van der Waals surface area contributed by atoms with Gasteiger partial charge in [0.25, 0.3) is 0 Å². The molecule has 1 nitrogen and oxygen atoms in total. The van der Waals surface area contributed by atoms with E-state index in [1.165, 1.54) is 12.1 Å². The first-order valence-corrected chi connectivity index (χ1v) is 8.09. The van der Waals surface area contributed by atoms with Crippen molar-refractivity contribution in [2.45, 2.75) is 25.9 Å². The molecule has 0 aliphatic rings. The van der Waals surface area contributed by atoms with E-state index < -0.39 is 5.82 Å². The molecular formula is C16H15BrCl2FN. The fraction of sp³-hybridized carbons (Fsp3) is 0.250. The molecule has 112 valence electrons. The number of benzene rings is 2. The molecule has 2 aromatic rings. The smallest absolute Gasteiger partial charge is 0.142 e. The predicted molar refractivity (Wildman–Crippen MR) is 90.5 cm³/mol. The molecule has 2 rings (SSSR count). The zero-order valence-electron chi connectivity index (χ0n) is 11.6. The van der Waals surface area contributed by atoms with E-state index in [-0.39, 0.29) is 17.1 Å². The van der Waals surface area contributed by atoms with Gasteiger partial charge in [-0.25, -0.2) is 4.39 Å². The van der Waals surface area contributed by atoms with Crippen LogP contribution in [0, 0.1) is 5.82 Å². The van der Waals surface area contributed by atoms with Crippen molar-refractivity contribution >= 4 is 39.1 Å². The Balaban J connectivity index is 2.18. The molecule has 0 radical (unpaired) electrons. The molecule has 0 fully saturated rings. The Bertz CT molecular complexity index is 648. The largest absolute Gasteiger partial charge is 0.304 e. The second-order valence-electron chi connectivity index (χ2n) is 4.95. The first-order chi connectivity index (χ1) is 9.88. The number of halogens is 4. The van der Waals surface area contributed by atoms with E-state index in [1.54, 1.807) is 0 Å². The lowest BCUT2D eigenvalue weighted by Crippen LogP contribution is -2.22. The summed E-state index contributed by atoms with van der Waals surface area (Å²) in [6.07, 6.45) is 0. The van der Waals surface area contributed by atoms with Crippen LogP contribution in [0.15, 0.2) is 40.9 Å². The Morgan fingerprint density at radius 2 is 1.76 bits per heavy atom. The summed E-state index contributed by atoms with van der Waals surface area (Å²) >= 11 is 15.3. The van der Waals surface area contributed by atoms with Crippen LogP contribution >= 0.6 is 39.1 Å². The first-order valence-electron chi connectivity index (χ1n) is 6.54. The van der Waals surface area contributed by atoms with Crippen LogP contribution in [0.2, 0.25) is 10.0 Å². The monoisotopic (exact) mass is 389 g/mol. The number of nitrogens with one attached hydrogen (secondary N) is 1. The Morgan fingerprint density at radius 1 is 1.05 bits per heavy atom. The third kappa shape index (κ3) is 4.19. The first kappa shape index (κ1) is 16.8. The van der Waals surface area contributed by atoms with E-state index in [0.717, 1.165) is 10.0 Å². The van der Waals surface area contributed by atoms with Crippen LogP contribution in [0.3, 0.4) is 0 Å².